The molecular formula is C28H24N2O3. The molecule has 3 atom stereocenters. The molecule has 1 saturated heterocycles. The lowest BCUT2D eigenvalue weighted by molar-refractivity contribution is 0.0695. The van der Waals surface area contributed by atoms with Crippen LogP contribution in [0.25, 0.3) is 22.1 Å². The fraction of sp³-hybridized carbons (Fsp3) is 0.214. The number of hydrogen-bond acceptors (Lipinski definition) is 3. The molecule has 0 bridgehead atoms. The second-order valence-corrected chi connectivity index (χ2v) is 8.94. The first-order valence-electron chi connectivity index (χ1n) is 11.4. The van der Waals surface area contributed by atoms with E-state index in [-0.39, 0.29) is 17.9 Å². The van der Waals surface area contributed by atoms with Crippen molar-refractivity contribution in [3.63, 3.8) is 0 Å². The predicted molar refractivity (Wildman–Crippen MR) is 127 cm³/mol. The normalized spacial score (nSPS) is 21.1. The van der Waals surface area contributed by atoms with Crippen LogP contribution < -0.4 is 5.32 Å². The van der Waals surface area contributed by atoms with Crippen LogP contribution in [-0.4, -0.2) is 35.8 Å². The molecule has 1 aliphatic heterocycles. The fourth-order valence-corrected chi connectivity index (χ4v) is 5.24. The van der Waals surface area contributed by atoms with Gasteiger partial charge in [-0.05, 0) is 53.6 Å². The Morgan fingerprint density at radius 2 is 1.70 bits per heavy atom. The summed E-state index contributed by atoms with van der Waals surface area (Å²) < 4.78 is 5.42. The van der Waals surface area contributed by atoms with Crippen LogP contribution in [0.1, 0.15) is 27.1 Å². The monoisotopic (exact) mass is 436 g/mol. The van der Waals surface area contributed by atoms with Crippen LogP contribution in [0.5, 0.6) is 0 Å². The van der Waals surface area contributed by atoms with Crippen LogP contribution in [0.2, 0.25) is 0 Å². The third kappa shape index (κ3) is 3.50. The molecule has 1 aliphatic carbocycles. The molecule has 3 aromatic carbocycles. The van der Waals surface area contributed by atoms with Crippen molar-refractivity contribution in [2.45, 2.75) is 12.5 Å². The van der Waals surface area contributed by atoms with Crippen molar-refractivity contribution in [2.75, 3.05) is 13.1 Å². The van der Waals surface area contributed by atoms with E-state index in [9.17, 15) is 9.59 Å². The van der Waals surface area contributed by atoms with E-state index < -0.39 is 0 Å². The van der Waals surface area contributed by atoms with E-state index in [1.807, 2.05) is 77.7 Å². The van der Waals surface area contributed by atoms with Gasteiger partial charge >= 0.3 is 0 Å². The third-order valence-corrected chi connectivity index (χ3v) is 7.02. The Kier molecular flexibility index (Phi) is 4.75. The van der Waals surface area contributed by atoms with Crippen LogP contribution in [0.15, 0.2) is 89.5 Å². The van der Waals surface area contributed by atoms with Crippen molar-refractivity contribution in [1.29, 1.82) is 0 Å². The standard InChI is InChI=1S/C28H24N2O3/c31-27(22-11-6-12-26-21(22)13-14-33-26)29-16-25-24-15-19(24)17-30(25)28(32)23-10-5-4-9-20(23)18-7-2-1-3-8-18/h1-14,19,24-25H,15-17H2,(H,29,31)/t19-,24-,25+/m0/s1. The quantitative estimate of drug-likeness (QED) is 0.479. The predicted octanol–water partition coefficient (Wildman–Crippen LogP) is 4.99. The van der Waals surface area contributed by atoms with Gasteiger partial charge in [-0.25, -0.2) is 0 Å². The molecule has 5 heteroatoms. The number of likely N-dealkylation sites (tertiary alicyclic amines) is 1. The molecule has 4 aromatic rings. The highest BCUT2D eigenvalue weighted by molar-refractivity contribution is 6.06. The maximum atomic E-state index is 13.7. The number of carbonyl (C=O) groups is 2. The van der Waals surface area contributed by atoms with Crippen molar-refractivity contribution in [1.82, 2.24) is 10.2 Å². The maximum Gasteiger partial charge on any atom is 0.254 e. The van der Waals surface area contributed by atoms with E-state index in [0.29, 0.717) is 35.1 Å². The number of benzene rings is 3. The largest absolute Gasteiger partial charge is 0.464 e. The highest BCUT2D eigenvalue weighted by Crippen LogP contribution is 2.50. The molecule has 2 aliphatic rings. The Morgan fingerprint density at radius 3 is 2.58 bits per heavy atom. The van der Waals surface area contributed by atoms with Crippen molar-refractivity contribution < 1.29 is 14.0 Å². The zero-order valence-corrected chi connectivity index (χ0v) is 18.1. The number of amides is 2. The van der Waals surface area contributed by atoms with Gasteiger partial charge in [0.15, 0.2) is 0 Å². The summed E-state index contributed by atoms with van der Waals surface area (Å²) in [5.41, 5.74) is 3.98. The van der Waals surface area contributed by atoms with Crippen molar-refractivity contribution in [3.05, 3.63) is 96.3 Å². The second-order valence-electron chi connectivity index (χ2n) is 8.94. The molecule has 2 fully saturated rings. The summed E-state index contributed by atoms with van der Waals surface area (Å²) in [7, 11) is 0. The summed E-state index contributed by atoms with van der Waals surface area (Å²) in [4.78, 5) is 28.6. The maximum absolute atomic E-state index is 13.7. The van der Waals surface area contributed by atoms with Gasteiger partial charge in [0.1, 0.15) is 5.58 Å². The summed E-state index contributed by atoms with van der Waals surface area (Å²) in [5, 5.41) is 3.89. The molecular weight excluding hydrogens is 412 g/mol. The average Bonchev–Trinajstić information content (AvgIpc) is 3.29. The van der Waals surface area contributed by atoms with Gasteiger partial charge in [-0.3, -0.25) is 9.59 Å². The lowest BCUT2D eigenvalue weighted by Crippen LogP contribution is -2.45. The first-order valence-corrected chi connectivity index (χ1v) is 11.4. The Bertz CT molecular complexity index is 1340. The van der Waals surface area contributed by atoms with Crippen LogP contribution in [-0.2, 0) is 0 Å². The molecule has 6 rings (SSSR count). The smallest absolute Gasteiger partial charge is 0.254 e. The van der Waals surface area contributed by atoms with E-state index in [0.717, 1.165) is 29.5 Å². The number of nitrogens with one attached hydrogen (secondary N) is 1. The van der Waals surface area contributed by atoms with Crippen LogP contribution >= 0.6 is 0 Å². The zero-order chi connectivity index (χ0) is 22.4. The minimum Gasteiger partial charge on any atom is -0.464 e. The van der Waals surface area contributed by atoms with Crippen molar-refractivity contribution >= 4 is 22.8 Å². The Morgan fingerprint density at radius 1 is 0.909 bits per heavy atom. The zero-order valence-electron chi connectivity index (χ0n) is 18.1. The van der Waals surface area contributed by atoms with E-state index in [1.165, 1.54) is 0 Å². The Labute approximate surface area is 192 Å². The van der Waals surface area contributed by atoms with Gasteiger partial charge < -0.3 is 14.6 Å². The lowest BCUT2D eigenvalue weighted by atomic mass is 9.98. The summed E-state index contributed by atoms with van der Waals surface area (Å²) in [6, 6.07) is 25.1. The molecule has 2 heterocycles. The summed E-state index contributed by atoms with van der Waals surface area (Å²) >= 11 is 0. The molecule has 1 aromatic heterocycles. The highest BCUT2D eigenvalue weighted by Gasteiger charge is 2.54. The Hall–Kier alpha value is -3.86. The van der Waals surface area contributed by atoms with Crippen LogP contribution in [0, 0.1) is 11.8 Å². The molecule has 2 amide bonds. The average molecular weight is 437 g/mol. The number of fused-ring (bicyclic) bond motifs is 2. The lowest BCUT2D eigenvalue weighted by Gasteiger charge is -2.28. The SMILES string of the molecule is O=C(NC[C@@H]1[C@H]2C[C@H]2CN1C(=O)c1ccccc1-c1ccccc1)c1cccc2occc12. The van der Waals surface area contributed by atoms with E-state index in [2.05, 4.69) is 5.32 Å². The molecule has 0 spiro atoms. The number of rotatable bonds is 5. The van der Waals surface area contributed by atoms with Gasteiger partial charge in [0, 0.05) is 24.0 Å². The summed E-state index contributed by atoms with van der Waals surface area (Å²) in [5.74, 6) is 0.904. The van der Waals surface area contributed by atoms with Crippen LogP contribution in [0.3, 0.4) is 0 Å². The van der Waals surface area contributed by atoms with Gasteiger partial charge in [-0.2, -0.15) is 0 Å². The molecule has 5 nitrogen and oxygen atoms in total. The molecule has 1 N–H and O–H groups in total. The van der Waals surface area contributed by atoms with Gasteiger partial charge in [-0.15, -0.1) is 0 Å². The summed E-state index contributed by atoms with van der Waals surface area (Å²) in [6.45, 7) is 1.21. The molecule has 1 saturated carbocycles. The fourth-order valence-electron chi connectivity index (χ4n) is 5.24. The van der Waals surface area contributed by atoms with Gasteiger partial charge in [0.2, 0.25) is 0 Å². The molecule has 164 valence electrons. The van der Waals surface area contributed by atoms with Gasteiger partial charge in [0.25, 0.3) is 11.8 Å². The number of furan rings is 1. The highest BCUT2D eigenvalue weighted by atomic mass is 16.3. The first kappa shape index (κ1) is 19.8. The number of piperidine rings is 1. The second kappa shape index (κ2) is 7.93. The number of carbonyl (C=O) groups excluding carboxylic acids is 2. The minimum absolute atomic E-state index is 0.0128. The molecule has 33 heavy (non-hydrogen) atoms. The summed E-state index contributed by atoms with van der Waals surface area (Å²) in [6.07, 6.45) is 2.72. The number of hydrogen-bond donors (Lipinski definition) is 1. The molecule has 0 radical (unpaired) electrons. The van der Waals surface area contributed by atoms with Crippen LogP contribution in [0.4, 0.5) is 0 Å². The third-order valence-electron chi connectivity index (χ3n) is 7.02. The van der Waals surface area contributed by atoms with Gasteiger partial charge in [0.05, 0.1) is 17.9 Å². The van der Waals surface area contributed by atoms with Gasteiger partial charge in [-0.1, -0.05) is 54.6 Å². The Balaban J connectivity index is 1.23. The van der Waals surface area contributed by atoms with E-state index >= 15 is 0 Å². The molecule has 0 unspecified atom stereocenters. The topological polar surface area (TPSA) is 62.6 Å². The van der Waals surface area contributed by atoms with Crippen molar-refractivity contribution in [3.8, 4) is 11.1 Å². The van der Waals surface area contributed by atoms with Crippen molar-refractivity contribution in [2.24, 2.45) is 11.8 Å². The number of nitrogens with zero attached hydrogens (tertiary/aromatic N) is 1. The minimum atomic E-state index is -0.136. The first-order chi connectivity index (χ1) is 16.2. The van der Waals surface area contributed by atoms with E-state index in [1.54, 1.807) is 12.3 Å². The van der Waals surface area contributed by atoms with E-state index in [4.69, 9.17) is 4.42 Å².